The van der Waals surface area contributed by atoms with Crippen molar-refractivity contribution in [2.45, 2.75) is 39.0 Å². The van der Waals surface area contributed by atoms with Crippen LogP contribution in [0, 0.1) is 0 Å². The monoisotopic (exact) mass is 447 g/mol. The summed E-state index contributed by atoms with van der Waals surface area (Å²) in [5.74, 6) is 1.55. The number of phenols is 1. The van der Waals surface area contributed by atoms with Gasteiger partial charge in [-0.3, -0.25) is 9.48 Å². The number of hydrogen-bond acceptors (Lipinski definition) is 6. The average molecular weight is 448 g/mol. The van der Waals surface area contributed by atoms with Gasteiger partial charge in [-0.1, -0.05) is 36.7 Å². The molecule has 0 unspecified atom stereocenters. The van der Waals surface area contributed by atoms with E-state index in [4.69, 9.17) is 9.63 Å². The second kappa shape index (κ2) is 10.3. The van der Waals surface area contributed by atoms with E-state index in [1.165, 1.54) is 0 Å². The quantitative estimate of drug-likeness (QED) is 0.480. The van der Waals surface area contributed by atoms with Crippen LogP contribution in [0.5, 0.6) is 5.75 Å². The fourth-order valence-corrected chi connectivity index (χ4v) is 3.85. The molecule has 3 heterocycles. The van der Waals surface area contributed by atoms with Crippen molar-refractivity contribution in [2.75, 3.05) is 13.1 Å². The smallest absolute Gasteiger partial charge is 0.274 e. The van der Waals surface area contributed by atoms with Crippen molar-refractivity contribution in [3.8, 4) is 17.1 Å². The molecular weight excluding hydrogens is 418 g/mol. The molecule has 2 aromatic heterocycles. The first-order valence-electron chi connectivity index (χ1n) is 11.4. The second-order valence-corrected chi connectivity index (χ2v) is 8.15. The van der Waals surface area contributed by atoms with Crippen molar-refractivity contribution in [1.29, 1.82) is 0 Å². The molecule has 2 aromatic carbocycles. The molecule has 172 valence electrons. The maximum atomic E-state index is 12.3. The zero-order valence-electron chi connectivity index (χ0n) is 19.1. The number of aromatic nitrogens is 4. The Bertz CT molecular complexity index is 1210. The lowest BCUT2D eigenvalue weighted by atomic mass is 10.2. The summed E-state index contributed by atoms with van der Waals surface area (Å²) in [4.78, 5) is 18.5. The first-order chi connectivity index (χ1) is 16.1. The molecule has 5 rings (SSSR count). The van der Waals surface area contributed by atoms with Gasteiger partial charge in [0.05, 0.1) is 5.52 Å². The number of carbonyl (C=O) groups excluding carboxylic acids is 1. The molecule has 0 radical (unpaired) electrons. The summed E-state index contributed by atoms with van der Waals surface area (Å²) in [5, 5.41) is 18.4. The number of amides is 1. The molecule has 0 spiro atoms. The Hall–Kier alpha value is -3.68. The largest absolute Gasteiger partial charge is 0.508 e. The normalized spacial score (nSPS) is 13.2. The van der Waals surface area contributed by atoms with Crippen molar-refractivity contribution in [2.24, 2.45) is 7.05 Å². The van der Waals surface area contributed by atoms with E-state index in [-0.39, 0.29) is 11.7 Å². The second-order valence-electron chi connectivity index (χ2n) is 8.15. The molecule has 1 fully saturated rings. The van der Waals surface area contributed by atoms with E-state index in [9.17, 15) is 4.79 Å². The number of likely N-dealkylation sites (tertiary alicyclic amines) is 1. The van der Waals surface area contributed by atoms with Crippen molar-refractivity contribution in [1.82, 2.24) is 24.8 Å². The van der Waals surface area contributed by atoms with Crippen molar-refractivity contribution in [3.63, 3.8) is 0 Å². The fourth-order valence-electron chi connectivity index (χ4n) is 3.85. The SMILES string of the molecule is CCCCc1nc(-c2ccc(O)cc2)no1.Cn1nc(C(=O)N2CCCC2)c2ccccc21. The molecule has 1 N–H and O–H groups in total. The Kier molecular flexibility index (Phi) is 7.02. The number of para-hydroxylation sites is 1. The van der Waals surface area contributed by atoms with Crippen LogP contribution in [-0.2, 0) is 13.5 Å². The van der Waals surface area contributed by atoms with Gasteiger partial charge in [-0.25, -0.2) is 0 Å². The summed E-state index contributed by atoms with van der Waals surface area (Å²) >= 11 is 0. The molecule has 8 heteroatoms. The molecular formula is C25H29N5O3. The van der Waals surface area contributed by atoms with Gasteiger partial charge < -0.3 is 14.5 Å². The van der Waals surface area contributed by atoms with Crippen LogP contribution in [0.25, 0.3) is 22.3 Å². The highest BCUT2D eigenvalue weighted by Gasteiger charge is 2.24. The first-order valence-corrected chi connectivity index (χ1v) is 11.4. The molecule has 4 aromatic rings. The van der Waals surface area contributed by atoms with E-state index in [1.807, 2.05) is 36.2 Å². The summed E-state index contributed by atoms with van der Waals surface area (Å²) in [7, 11) is 1.88. The van der Waals surface area contributed by atoms with E-state index >= 15 is 0 Å². The van der Waals surface area contributed by atoms with Crippen LogP contribution >= 0.6 is 0 Å². The number of hydrogen-bond donors (Lipinski definition) is 1. The third kappa shape index (κ3) is 5.22. The molecule has 0 aliphatic carbocycles. The minimum atomic E-state index is 0.0688. The molecule has 1 amide bonds. The fraction of sp³-hybridized carbons (Fsp3) is 0.360. The maximum absolute atomic E-state index is 12.3. The average Bonchev–Trinajstić information content (AvgIpc) is 3.59. The highest BCUT2D eigenvalue weighted by Crippen LogP contribution is 2.21. The number of unbranched alkanes of at least 4 members (excludes halogenated alkanes) is 1. The molecule has 1 aliphatic rings. The lowest BCUT2D eigenvalue weighted by molar-refractivity contribution is 0.0788. The Labute approximate surface area is 192 Å². The molecule has 0 saturated carbocycles. The summed E-state index contributed by atoms with van der Waals surface area (Å²) in [6.45, 7) is 3.85. The highest BCUT2D eigenvalue weighted by molar-refractivity contribution is 6.04. The van der Waals surface area contributed by atoms with Crippen molar-refractivity contribution >= 4 is 16.8 Å². The lowest BCUT2D eigenvalue weighted by Crippen LogP contribution is -2.28. The number of rotatable bonds is 5. The zero-order valence-corrected chi connectivity index (χ0v) is 19.1. The van der Waals surface area contributed by atoms with Gasteiger partial charge in [-0.2, -0.15) is 10.1 Å². The molecule has 0 bridgehead atoms. The van der Waals surface area contributed by atoms with Crippen LogP contribution in [0.2, 0.25) is 0 Å². The Morgan fingerprint density at radius 3 is 2.55 bits per heavy atom. The van der Waals surface area contributed by atoms with Crippen LogP contribution in [-0.4, -0.2) is 48.9 Å². The molecule has 1 aliphatic heterocycles. The standard InChI is InChI=1S/C13H15N3O.C12H14N2O2/c1-15-11-7-3-2-6-10(11)12(14-15)13(17)16-8-4-5-9-16;1-2-3-4-11-13-12(14-16-11)9-5-7-10(15)8-6-9/h2-3,6-7H,4-5,8-9H2,1H3;5-8,15H,2-4H2,1H3. The maximum Gasteiger partial charge on any atom is 0.274 e. The predicted molar refractivity (Wildman–Crippen MR) is 126 cm³/mol. The Morgan fingerprint density at radius 2 is 1.82 bits per heavy atom. The minimum absolute atomic E-state index is 0.0688. The van der Waals surface area contributed by atoms with E-state index in [0.717, 1.165) is 61.7 Å². The number of carbonyl (C=O) groups is 1. The van der Waals surface area contributed by atoms with Gasteiger partial charge in [0.25, 0.3) is 5.91 Å². The molecule has 33 heavy (non-hydrogen) atoms. The van der Waals surface area contributed by atoms with Gasteiger partial charge in [-0.15, -0.1) is 0 Å². The van der Waals surface area contributed by atoms with E-state index in [0.29, 0.717) is 17.4 Å². The lowest BCUT2D eigenvalue weighted by Gasteiger charge is -2.13. The van der Waals surface area contributed by atoms with Gasteiger partial charge in [0.1, 0.15) is 5.75 Å². The number of phenolic OH excluding ortho intramolecular Hbond substituents is 1. The van der Waals surface area contributed by atoms with Crippen molar-refractivity contribution in [3.05, 3.63) is 60.1 Å². The van der Waals surface area contributed by atoms with Crippen LogP contribution in [0.1, 0.15) is 49.0 Å². The Morgan fingerprint density at radius 1 is 1.09 bits per heavy atom. The van der Waals surface area contributed by atoms with Crippen LogP contribution < -0.4 is 0 Å². The van der Waals surface area contributed by atoms with E-state index in [1.54, 1.807) is 28.9 Å². The third-order valence-corrected chi connectivity index (χ3v) is 5.69. The van der Waals surface area contributed by atoms with E-state index < -0.39 is 0 Å². The molecule has 8 nitrogen and oxygen atoms in total. The van der Waals surface area contributed by atoms with Gasteiger partial charge in [0.2, 0.25) is 11.7 Å². The van der Waals surface area contributed by atoms with Crippen LogP contribution in [0.15, 0.2) is 53.1 Å². The zero-order chi connectivity index (χ0) is 23.2. The number of aromatic hydroxyl groups is 1. The summed E-state index contributed by atoms with van der Waals surface area (Å²) in [6.07, 6.45) is 5.20. The highest BCUT2D eigenvalue weighted by atomic mass is 16.5. The summed E-state index contributed by atoms with van der Waals surface area (Å²) < 4.78 is 6.90. The Balaban J connectivity index is 0.000000157. The van der Waals surface area contributed by atoms with Crippen LogP contribution in [0.3, 0.4) is 0 Å². The van der Waals surface area contributed by atoms with Gasteiger partial charge >= 0.3 is 0 Å². The van der Waals surface area contributed by atoms with Gasteiger partial charge in [-0.05, 0) is 49.6 Å². The first kappa shape index (κ1) is 22.5. The molecule has 0 atom stereocenters. The van der Waals surface area contributed by atoms with E-state index in [2.05, 4.69) is 22.2 Å². The topological polar surface area (TPSA) is 97.3 Å². The number of aryl methyl sites for hydroxylation is 2. The summed E-state index contributed by atoms with van der Waals surface area (Å²) in [6, 6.07) is 14.6. The number of benzene rings is 2. The van der Waals surface area contributed by atoms with Gasteiger partial charge in [0, 0.05) is 37.5 Å². The van der Waals surface area contributed by atoms with Crippen molar-refractivity contribution < 1.29 is 14.4 Å². The van der Waals surface area contributed by atoms with Crippen LogP contribution in [0.4, 0.5) is 0 Å². The van der Waals surface area contributed by atoms with Gasteiger partial charge in [0.15, 0.2) is 5.69 Å². The predicted octanol–water partition coefficient (Wildman–Crippen LogP) is 4.59. The summed E-state index contributed by atoms with van der Waals surface area (Å²) in [5.41, 5.74) is 2.45. The third-order valence-electron chi connectivity index (χ3n) is 5.69. The molecule has 1 saturated heterocycles. The minimum Gasteiger partial charge on any atom is -0.508 e. The number of nitrogens with zero attached hydrogens (tertiary/aromatic N) is 5. The number of fused-ring (bicyclic) bond motifs is 1.